The lowest BCUT2D eigenvalue weighted by Gasteiger charge is -2.19. The van der Waals surface area contributed by atoms with Gasteiger partial charge in [-0.2, -0.15) is 0 Å². The van der Waals surface area contributed by atoms with Crippen LogP contribution in [0, 0.1) is 0 Å². The molecule has 1 unspecified atom stereocenters. The minimum absolute atomic E-state index is 0.0336. The molecule has 1 heterocycles. The van der Waals surface area contributed by atoms with Crippen molar-refractivity contribution >= 4 is 11.9 Å². The van der Waals surface area contributed by atoms with Gasteiger partial charge in [0.1, 0.15) is 0 Å². The maximum atomic E-state index is 12.0. The topological polar surface area (TPSA) is 78.9 Å². The van der Waals surface area contributed by atoms with Gasteiger partial charge in [0, 0.05) is 18.9 Å². The van der Waals surface area contributed by atoms with Crippen LogP contribution < -0.4 is 14.6 Å². The van der Waals surface area contributed by atoms with Crippen LogP contribution in [0.2, 0.25) is 0 Å². The van der Waals surface area contributed by atoms with Gasteiger partial charge in [-0.25, -0.2) is 0 Å². The van der Waals surface area contributed by atoms with Crippen molar-refractivity contribution in [3.05, 3.63) is 23.8 Å². The Hall–Kier alpha value is -2.24. The quantitative estimate of drug-likeness (QED) is 0.779. The zero-order valence-electron chi connectivity index (χ0n) is 13.8. The number of carbonyl (C=O) groups is 2. The van der Waals surface area contributed by atoms with E-state index in [1.165, 1.54) is 17.7 Å². The first kappa shape index (κ1) is 16.6. The Morgan fingerprint density at radius 2 is 2.04 bits per heavy atom. The largest absolute Gasteiger partial charge is 0.548 e. The van der Waals surface area contributed by atoms with E-state index in [2.05, 4.69) is 0 Å². The fraction of sp³-hybridized carbons (Fsp3) is 0.556. The average Bonchev–Trinajstić information content (AvgIpc) is 3.17. The van der Waals surface area contributed by atoms with Crippen molar-refractivity contribution in [1.82, 2.24) is 4.90 Å². The smallest absolute Gasteiger partial charge is 0.223 e. The summed E-state index contributed by atoms with van der Waals surface area (Å²) in [4.78, 5) is 24.0. The van der Waals surface area contributed by atoms with E-state index in [-0.39, 0.29) is 24.5 Å². The van der Waals surface area contributed by atoms with Crippen molar-refractivity contribution in [3.8, 4) is 11.5 Å². The highest BCUT2D eigenvalue weighted by molar-refractivity contribution is 5.83. The van der Waals surface area contributed by atoms with E-state index in [1.807, 2.05) is 18.2 Å². The second kappa shape index (κ2) is 7.11. The first-order valence-corrected chi connectivity index (χ1v) is 8.39. The summed E-state index contributed by atoms with van der Waals surface area (Å²) in [5, 5.41) is 10.7. The summed E-state index contributed by atoms with van der Waals surface area (Å²) < 4.78 is 11.5. The molecule has 0 radical (unpaired) electrons. The van der Waals surface area contributed by atoms with E-state index >= 15 is 0 Å². The van der Waals surface area contributed by atoms with Gasteiger partial charge in [-0.15, -0.1) is 0 Å². The molecular weight excluding hydrogens is 310 g/mol. The predicted octanol–water partition coefficient (Wildman–Crippen LogP) is 1.08. The molecule has 1 aliphatic heterocycles. The Labute approximate surface area is 141 Å². The Bertz CT molecular complexity index is 624. The second-order valence-corrected chi connectivity index (χ2v) is 6.48. The van der Waals surface area contributed by atoms with Crippen LogP contribution in [0.1, 0.15) is 43.6 Å². The number of amides is 1. The lowest BCUT2D eigenvalue weighted by atomic mass is 9.98. The Morgan fingerprint density at radius 3 is 2.71 bits per heavy atom. The fourth-order valence-corrected chi connectivity index (χ4v) is 3.53. The number of carboxylic acids is 1. The highest BCUT2D eigenvalue weighted by Crippen LogP contribution is 2.36. The average molecular weight is 332 g/mol. The van der Waals surface area contributed by atoms with E-state index in [0.29, 0.717) is 24.5 Å². The molecule has 1 amide bonds. The van der Waals surface area contributed by atoms with E-state index in [9.17, 15) is 14.7 Å². The number of benzene rings is 1. The highest BCUT2D eigenvalue weighted by Gasteiger charge is 2.31. The summed E-state index contributed by atoms with van der Waals surface area (Å²) >= 11 is 0. The molecule has 1 saturated carbocycles. The first-order chi connectivity index (χ1) is 11.6. The van der Waals surface area contributed by atoms with Crippen molar-refractivity contribution in [2.75, 3.05) is 20.2 Å². The number of rotatable bonds is 6. The van der Waals surface area contributed by atoms with Gasteiger partial charge in [0.25, 0.3) is 0 Å². The number of hydrogen-bond donors (Lipinski definition) is 0. The molecule has 24 heavy (non-hydrogen) atoms. The Balaban J connectivity index is 1.76. The van der Waals surface area contributed by atoms with E-state index in [0.717, 1.165) is 18.4 Å². The Morgan fingerprint density at radius 1 is 1.29 bits per heavy atom. The van der Waals surface area contributed by atoms with Gasteiger partial charge < -0.3 is 24.3 Å². The molecule has 0 bridgehead atoms. The summed E-state index contributed by atoms with van der Waals surface area (Å²) in [7, 11) is 1.61. The third kappa shape index (κ3) is 3.63. The maximum absolute atomic E-state index is 12.0. The molecule has 0 spiro atoms. The number of hydrogen-bond acceptors (Lipinski definition) is 5. The molecule has 1 aromatic carbocycles. The molecule has 6 heteroatoms. The van der Waals surface area contributed by atoms with Gasteiger partial charge in [0.2, 0.25) is 5.91 Å². The fourth-order valence-electron chi connectivity index (χ4n) is 3.53. The zero-order valence-corrected chi connectivity index (χ0v) is 13.8. The number of methoxy groups -OCH3 is 1. The van der Waals surface area contributed by atoms with Crippen LogP contribution in [0.25, 0.3) is 0 Å². The van der Waals surface area contributed by atoms with Crippen LogP contribution >= 0.6 is 0 Å². The SMILES string of the molecule is COc1ccc(C2CC(=O)N(CC(=O)[O-])C2)cc1OC1CCCC1. The van der Waals surface area contributed by atoms with Crippen LogP contribution in [-0.4, -0.2) is 43.1 Å². The van der Waals surface area contributed by atoms with Crippen molar-refractivity contribution in [1.29, 1.82) is 0 Å². The van der Waals surface area contributed by atoms with Crippen molar-refractivity contribution < 1.29 is 24.2 Å². The summed E-state index contributed by atoms with van der Waals surface area (Å²) in [5.74, 6) is -0.0368. The van der Waals surface area contributed by atoms with Gasteiger partial charge >= 0.3 is 0 Å². The molecule has 2 aliphatic rings. The summed E-state index contributed by atoms with van der Waals surface area (Å²) in [5.41, 5.74) is 0.970. The molecule has 1 atom stereocenters. The summed E-state index contributed by atoms with van der Waals surface area (Å²) in [6.07, 6.45) is 4.99. The molecule has 1 aromatic rings. The third-order valence-corrected chi connectivity index (χ3v) is 4.79. The van der Waals surface area contributed by atoms with Crippen LogP contribution in [0.3, 0.4) is 0 Å². The predicted molar refractivity (Wildman–Crippen MR) is 84.8 cm³/mol. The van der Waals surface area contributed by atoms with Crippen LogP contribution in [0.15, 0.2) is 18.2 Å². The molecular formula is C18H22NO5-. The number of ether oxygens (including phenoxy) is 2. The van der Waals surface area contributed by atoms with E-state index in [4.69, 9.17) is 9.47 Å². The number of carboxylic acid groups (broad SMARTS) is 1. The second-order valence-electron chi connectivity index (χ2n) is 6.48. The van der Waals surface area contributed by atoms with Crippen LogP contribution in [0.5, 0.6) is 11.5 Å². The van der Waals surface area contributed by atoms with Crippen molar-refractivity contribution in [3.63, 3.8) is 0 Å². The molecule has 1 aliphatic carbocycles. The molecule has 0 aromatic heterocycles. The number of carbonyl (C=O) groups excluding carboxylic acids is 2. The number of nitrogens with zero attached hydrogens (tertiary/aromatic N) is 1. The number of likely N-dealkylation sites (tertiary alicyclic amines) is 1. The lowest BCUT2D eigenvalue weighted by Crippen LogP contribution is -2.38. The van der Waals surface area contributed by atoms with Gasteiger partial charge in [-0.05, 0) is 43.4 Å². The minimum Gasteiger partial charge on any atom is -0.548 e. The van der Waals surface area contributed by atoms with Crippen molar-refractivity contribution in [2.45, 2.75) is 44.1 Å². The molecule has 130 valence electrons. The normalized spacial score (nSPS) is 21.3. The van der Waals surface area contributed by atoms with E-state index in [1.54, 1.807) is 7.11 Å². The van der Waals surface area contributed by atoms with Gasteiger partial charge in [-0.3, -0.25) is 4.79 Å². The third-order valence-electron chi connectivity index (χ3n) is 4.79. The van der Waals surface area contributed by atoms with Gasteiger partial charge in [-0.1, -0.05) is 6.07 Å². The lowest BCUT2D eigenvalue weighted by molar-refractivity contribution is -0.305. The van der Waals surface area contributed by atoms with Gasteiger partial charge in [0.05, 0.1) is 25.7 Å². The standard InChI is InChI=1S/C18H23NO5/c1-23-15-7-6-12(8-16(15)24-14-4-2-3-5-14)13-9-17(20)19(10-13)11-18(21)22/h6-8,13-14H,2-5,9-11H2,1H3,(H,21,22)/p-1. The molecule has 0 N–H and O–H groups in total. The summed E-state index contributed by atoms with van der Waals surface area (Å²) in [6.45, 7) is 0.0406. The molecule has 3 rings (SSSR count). The Kier molecular flexibility index (Phi) is 4.92. The molecule has 6 nitrogen and oxygen atoms in total. The molecule has 1 saturated heterocycles. The first-order valence-electron chi connectivity index (χ1n) is 8.39. The van der Waals surface area contributed by atoms with Crippen LogP contribution in [0.4, 0.5) is 0 Å². The monoisotopic (exact) mass is 332 g/mol. The summed E-state index contributed by atoms with van der Waals surface area (Å²) in [6, 6.07) is 5.70. The highest BCUT2D eigenvalue weighted by atomic mass is 16.5. The number of aliphatic carboxylic acids is 1. The minimum atomic E-state index is -1.23. The zero-order chi connectivity index (χ0) is 17.1. The van der Waals surface area contributed by atoms with Crippen molar-refractivity contribution in [2.24, 2.45) is 0 Å². The molecule has 2 fully saturated rings. The maximum Gasteiger partial charge on any atom is 0.223 e. The van der Waals surface area contributed by atoms with E-state index < -0.39 is 5.97 Å². The van der Waals surface area contributed by atoms with Gasteiger partial charge in [0.15, 0.2) is 11.5 Å². The van der Waals surface area contributed by atoms with Crippen LogP contribution in [-0.2, 0) is 9.59 Å².